The molecule has 104 valence electrons. The molecule has 19 heavy (non-hydrogen) atoms. The maximum absolute atomic E-state index is 11.7. The van der Waals surface area contributed by atoms with Crippen LogP contribution in [0.4, 0.5) is 11.4 Å². The molecule has 0 heterocycles. The van der Waals surface area contributed by atoms with Crippen molar-refractivity contribution in [1.29, 1.82) is 0 Å². The molecule has 1 unspecified atom stereocenters. The topological polar surface area (TPSA) is 64.3 Å². The monoisotopic (exact) mass is 262 g/mol. The number of hydrogen-bond acceptors (Lipinski definition) is 4. The highest BCUT2D eigenvalue weighted by atomic mass is 16.5. The second kappa shape index (κ2) is 5.51. The summed E-state index contributed by atoms with van der Waals surface area (Å²) in [4.78, 5) is 11.7. The highest BCUT2D eigenvalue weighted by Crippen LogP contribution is 2.36. The van der Waals surface area contributed by atoms with Gasteiger partial charge in [-0.1, -0.05) is 6.92 Å². The number of ether oxygens (including phenoxy) is 1. The molecule has 4 nitrogen and oxygen atoms in total. The summed E-state index contributed by atoms with van der Waals surface area (Å²) in [5.41, 5.74) is 8.66. The Balaban J connectivity index is 2.11. The summed E-state index contributed by atoms with van der Waals surface area (Å²) in [6.07, 6.45) is 2.69. The summed E-state index contributed by atoms with van der Waals surface area (Å²) >= 11 is 0. The number of esters is 1. The van der Waals surface area contributed by atoms with E-state index in [1.807, 2.05) is 13.0 Å². The number of methoxy groups -OCH3 is 1. The van der Waals surface area contributed by atoms with Crippen molar-refractivity contribution in [2.75, 3.05) is 24.7 Å². The second-order valence-electron chi connectivity index (χ2n) is 5.44. The average molecular weight is 262 g/mol. The quantitative estimate of drug-likeness (QED) is 0.632. The molecule has 0 aromatic heterocycles. The highest BCUT2D eigenvalue weighted by Gasteiger charge is 2.27. The lowest BCUT2D eigenvalue weighted by atomic mass is 10.0. The van der Waals surface area contributed by atoms with Crippen molar-refractivity contribution in [2.45, 2.75) is 26.7 Å². The molecule has 0 aliphatic heterocycles. The van der Waals surface area contributed by atoms with Gasteiger partial charge < -0.3 is 15.8 Å². The lowest BCUT2D eigenvalue weighted by Gasteiger charge is -2.15. The van der Waals surface area contributed by atoms with Gasteiger partial charge in [0.1, 0.15) is 0 Å². The van der Waals surface area contributed by atoms with Crippen LogP contribution in [0, 0.1) is 18.8 Å². The molecule has 1 aromatic rings. The summed E-state index contributed by atoms with van der Waals surface area (Å²) in [6, 6.07) is 3.75. The number of carbonyl (C=O) groups is 1. The lowest BCUT2D eigenvalue weighted by molar-refractivity contribution is 0.0602. The Hall–Kier alpha value is -1.71. The predicted molar refractivity (Wildman–Crippen MR) is 77.3 cm³/mol. The molecule has 4 heteroatoms. The number of carbonyl (C=O) groups excluding carboxylic acids is 1. The van der Waals surface area contributed by atoms with E-state index in [0.29, 0.717) is 17.2 Å². The summed E-state index contributed by atoms with van der Waals surface area (Å²) in [5.74, 6) is 1.14. The number of anilines is 2. The smallest absolute Gasteiger partial charge is 0.340 e. The molecular formula is C15H22N2O2. The SMILES string of the molecule is COC(=O)c1cc(NCC(C)C2CC2)cc(C)c1N. The molecule has 1 aromatic carbocycles. The van der Waals surface area contributed by atoms with Crippen LogP contribution in [0.15, 0.2) is 12.1 Å². The van der Waals surface area contributed by atoms with Crippen LogP contribution < -0.4 is 11.1 Å². The van der Waals surface area contributed by atoms with Crippen molar-refractivity contribution in [2.24, 2.45) is 11.8 Å². The molecule has 1 saturated carbocycles. The maximum atomic E-state index is 11.7. The van der Waals surface area contributed by atoms with Crippen molar-refractivity contribution >= 4 is 17.3 Å². The molecule has 2 rings (SSSR count). The third-order valence-corrected chi connectivity index (χ3v) is 3.85. The van der Waals surface area contributed by atoms with E-state index >= 15 is 0 Å². The van der Waals surface area contributed by atoms with Gasteiger partial charge in [-0.15, -0.1) is 0 Å². The molecular weight excluding hydrogens is 240 g/mol. The Labute approximate surface area is 114 Å². The van der Waals surface area contributed by atoms with E-state index < -0.39 is 0 Å². The van der Waals surface area contributed by atoms with E-state index in [-0.39, 0.29) is 5.97 Å². The van der Waals surface area contributed by atoms with Crippen LogP contribution in [0.2, 0.25) is 0 Å². The first kappa shape index (κ1) is 13.7. The van der Waals surface area contributed by atoms with Gasteiger partial charge in [0.05, 0.1) is 12.7 Å². The van der Waals surface area contributed by atoms with E-state index in [4.69, 9.17) is 10.5 Å². The molecule has 1 aliphatic carbocycles. The largest absolute Gasteiger partial charge is 0.465 e. The number of nitrogen functional groups attached to an aromatic ring is 1. The van der Waals surface area contributed by atoms with Crippen LogP contribution in [-0.2, 0) is 4.74 Å². The molecule has 1 atom stereocenters. The third-order valence-electron chi connectivity index (χ3n) is 3.85. The van der Waals surface area contributed by atoms with Gasteiger partial charge in [-0.05, 0) is 49.3 Å². The molecule has 0 saturated heterocycles. The van der Waals surface area contributed by atoms with Crippen molar-refractivity contribution in [3.05, 3.63) is 23.3 Å². The van der Waals surface area contributed by atoms with Crippen molar-refractivity contribution < 1.29 is 9.53 Å². The Morgan fingerprint density at radius 1 is 1.53 bits per heavy atom. The van der Waals surface area contributed by atoms with Crippen molar-refractivity contribution in [3.63, 3.8) is 0 Å². The van der Waals surface area contributed by atoms with E-state index in [2.05, 4.69) is 12.2 Å². The minimum atomic E-state index is -0.389. The van der Waals surface area contributed by atoms with Gasteiger partial charge >= 0.3 is 5.97 Å². The standard InChI is InChI=1S/C15H22N2O2/c1-9-6-12(17-8-10(2)11-4-5-11)7-13(14(9)16)15(18)19-3/h6-7,10-11,17H,4-5,8,16H2,1-3H3. The minimum Gasteiger partial charge on any atom is -0.465 e. The molecule has 1 fully saturated rings. The van der Waals surface area contributed by atoms with Crippen LogP contribution >= 0.6 is 0 Å². The fraction of sp³-hybridized carbons (Fsp3) is 0.533. The van der Waals surface area contributed by atoms with E-state index in [1.165, 1.54) is 20.0 Å². The number of nitrogens with two attached hydrogens (primary N) is 1. The molecule has 3 N–H and O–H groups in total. The second-order valence-corrected chi connectivity index (χ2v) is 5.44. The number of benzene rings is 1. The first-order valence-electron chi connectivity index (χ1n) is 6.75. The average Bonchev–Trinajstić information content (AvgIpc) is 3.23. The summed E-state index contributed by atoms with van der Waals surface area (Å²) in [6.45, 7) is 5.09. The Kier molecular flexibility index (Phi) is 3.98. The predicted octanol–water partition coefficient (Wildman–Crippen LogP) is 2.82. The molecule has 0 radical (unpaired) electrons. The third kappa shape index (κ3) is 3.19. The number of aryl methyl sites for hydroxylation is 1. The van der Waals surface area contributed by atoms with Gasteiger partial charge in [0.25, 0.3) is 0 Å². The zero-order valence-corrected chi connectivity index (χ0v) is 11.8. The molecule has 0 bridgehead atoms. The zero-order chi connectivity index (χ0) is 14.0. The van der Waals surface area contributed by atoms with Crippen LogP contribution in [0.1, 0.15) is 35.7 Å². The summed E-state index contributed by atoms with van der Waals surface area (Å²) in [7, 11) is 1.37. The fourth-order valence-corrected chi connectivity index (χ4v) is 2.29. The van der Waals surface area contributed by atoms with E-state index in [9.17, 15) is 4.79 Å². The van der Waals surface area contributed by atoms with E-state index in [0.717, 1.165) is 23.7 Å². The summed E-state index contributed by atoms with van der Waals surface area (Å²) in [5, 5.41) is 3.39. The van der Waals surface area contributed by atoms with E-state index in [1.54, 1.807) is 6.07 Å². The number of rotatable bonds is 5. The van der Waals surface area contributed by atoms with Crippen LogP contribution in [0.25, 0.3) is 0 Å². The molecule has 0 spiro atoms. The van der Waals surface area contributed by atoms with Crippen LogP contribution in [-0.4, -0.2) is 19.6 Å². The van der Waals surface area contributed by atoms with Gasteiger partial charge in [-0.25, -0.2) is 4.79 Å². The van der Waals surface area contributed by atoms with Gasteiger partial charge in [0, 0.05) is 17.9 Å². The lowest BCUT2D eigenvalue weighted by Crippen LogP contribution is -2.14. The van der Waals surface area contributed by atoms with Gasteiger partial charge in [0.2, 0.25) is 0 Å². The maximum Gasteiger partial charge on any atom is 0.340 e. The number of nitrogens with one attached hydrogen (secondary N) is 1. The normalized spacial score (nSPS) is 15.9. The highest BCUT2D eigenvalue weighted by molar-refractivity contribution is 5.97. The van der Waals surface area contributed by atoms with Crippen molar-refractivity contribution in [3.8, 4) is 0 Å². The van der Waals surface area contributed by atoms with Gasteiger partial charge in [0.15, 0.2) is 0 Å². The molecule has 0 amide bonds. The molecule has 1 aliphatic rings. The number of hydrogen-bond donors (Lipinski definition) is 2. The van der Waals surface area contributed by atoms with Gasteiger partial charge in [-0.3, -0.25) is 0 Å². The first-order valence-corrected chi connectivity index (χ1v) is 6.75. The van der Waals surface area contributed by atoms with Crippen LogP contribution in [0.5, 0.6) is 0 Å². The van der Waals surface area contributed by atoms with Crippen molar-refractivity contribution in [1.82, 2.24) is 0 Å². The van der Waals surface area contributed by atoms with Gasteiger partial charge in [-0.2, -0.15) is 0 Å². The Bertz CT molecular complexity index is 481. The van der Waals surface area contributed by atoms with Crippen LogP contribution in [0.3, 0.4) is 0 Å². The fourth-order valence-electron chi connectivity index (χ4n) is 2.29. The Morgan fingerprint density at radius 3 is 2.79 bits per heavy atom. The minimum absolute atomic E-state index is 0.389. The summed E-state index contributed by atoms with van der Waals surface area (Å²) < 4.78 is 4.75. The Morgan fingerprint density at radius 2 is 2.21 bits per heavy atom. The zero-order valence-electron chi connectivity index (χ0n) is 11.8. The first-order chi connectivity index (χ1) is 9.02.